The van der Waals surface area contributed by atoms with Crippen LogP contribution in [-0.4, -0.2) is 16.3 Å². The largest absolute Gasteiger partial charge is 0.586 e. The molecule has 117 valence electrons. The molecule has 7 heteroatoms. The van der Waals surface area contributed by atoms with Crippen LogP contribution >= 0.6 is 11.3 Å². The molecule has 0 saturated heterocycles. The van der Waals surface area contributed by atoms with Gasteiger partial charge >= 0.3 is 6.29 Å². The first-order valence-corrected chi connectivity index (χ1v) is 7.87. The van der Waals surface area contributed by atoms with Crippen molar-refractivity contribution in [2.24, 2.45) is 0 Å². The molecular formula is C16H11F2N2O2S. The zero-order valence-corrected chi connectivity index (χ0v) is 13.1. The Morgan fingerprint density at radius 2 is 1.91 bits per heavy atom. The van der Waals surface area contributed by atoms with Crippen LogP contribution in [0, 0.1) is 6.07 Å². The summed E-state index contributed by atoms with van der Waals surface area (Å²) in [6.45, 7) is 4.14. The van der Waals surface area contributed by atoms with Crippen LogP contribution in [0.3, 0.4) is 0 Å². The lowest BCUT2D eigenvalue weighted by molar-refractivity contribution is -0.286. The number of halogens is 2. The van der Waals surface area contributed by atoms with E-state index in [9.17, 15) is 8.78 Å². The van der Waals surface area contributed by atoms with Gasteiger partial charge in [-0.1, -0.05) is 13.8 Å². The van der Waals surface area contributed by atoms with Crippen LogP contribution in [0.4, 0.5) is 8.78 Å². The summed E-state index contributed by atoms with van der Waals surface area (Å²) in [5.41, 5.74) is 2.15. The van der Waals surface area contributed by atoms with Gasteiger partial charge in [-0.3, -0.25) is 0 Å². The van der Waals surface area contributed by atoms with Crippen molar-refractivity contribution in [3.63, 3.8) is 0 Å². The summed E-state index contributed by atoms with van der Waals surface area (Å²) in [5, 5.41) is 3.34. The number of thiazole rings is 1. The molecule has 0 atom stereocenters. The highest BCUT2D eigenvalue weighted by Crippen LogP contribution is 2.43. The van der Waals surface area contributed by atoms with Crippen LogP contribution in [0.5, 0.6) is 11.5 Å². The molecule has 0 fully saturated rings. The van der Waals surface area contributed by atoms with Crippen LogP contribution in [0.2, 0.25) is 0 Å². The highest BCUT2D eigenvalue weighted by atomic mass is 32.1. The normalized spacial score (nSPS) is 15.5. The zero-order chi connectivity index (χ0) is 16.2. The highest BCUT2D eigenvalue weighted by molar-refractivity contribution is 7.13. The van der Waals surface area contributed by atoms with E-state index >= 15 is 0 Å². The molecule has 0 amide bonds. The number of fused-ring (bicyclic) bond motifs is 2. The first-order valence-electron chi connectivity index (χ1n) is 6.99. The van der Waals surface area contributed by atoms with Crippen molar-refractivity contribution in [2.45, 2.75) is 26.1 Å². The third kappa shape index (κ3) is 2.50. The van der Waals surface area contributed by atoms with Crippen LogP contribution in [-0.2, 0) is 0 Å². The second-order valence-corrected chi connectivity index (χ2v) is 6.36. The average Bonchev–Trinajstić information content (AvgIpc) is 3.06. The molecule has 0 N–H and O–H groups in total. The number of pyridine rings is 1. The Hall–Kier alpha value is -2.28. The molecule has 23 heavy (non-hydrogen) atoms. The van der Waals surface area contributed by atoms with Gasteiger partial charge in [0.05, 0.1) is 11.2 Å². The molecule has 1 aliphatic heterocycles. The Bertz CT molecular complexity index is 908. The summed E-state index contributed by atoms with van der Waals surface area (Å²) in [7, 11) is 0. The van der Waals surface area contributed by atoms with Crippen molar-refractivity contribution >= 4 is 22.2 Å². The summed E-state index contributed by atoms with van der Waals surface area (Å²) in [6, 6.07) is 7.62. The van der Waals surface area contributed by atoms with Crippen molar-refractivity contribution in [2.75, 3.05) is 0 Å². The Morgan fingerprint density at radius 1 is 1.17 bits per heavy atom. The maximum Gasteiger partial charge on any atom is 0.586 e. The standard InChI is InChI=1S/C16H11F2N2O2S/c1-8(2)12-7-23-15(20-12)10-4-3-9-5-13-14(6-11(9)19-10)22-16(17,18)21-13/h4-8H,1-2H3. The molecule has 0 spiro atoms. The van der Waals surface area contributed by atoms with Crippen molar-refractivity contribution in [3.05, 3.63) is 35.3 Å². The molecule has 2 aromatic heterocycles. The number of alkyl halides is 2. The van der Waals surface area contributed by atoms with Gasteiger partial charge in [-0.2, -0.15) is 0 Å². The van der Waals surface area contributed by atoms with Gasteiger partial charge < -0.3 is 9.47 Å². The fourth-order valence-corrected chi connectivity index (χ4v) is 3.22. The molecule has 1 aromatic carbocycles. The van der Waals surface area contributed by atoms with E-state index in [0.29, 0.717) is 22.5 Å². The quantitative estimate of drug-likeness (QED) is 0.687. The number of benzene rings is 1. The summed E-state index contributed by atoms with van der Waals surface area (Å²) in [4.78, 5) is 9.02. The fraction of sp³-hybridized carbons (Fsp3) is 0.250. The topological polar surface area (TPSA) is 44.2 Å². The molecule has 0 unspecified atom stereocenters. The van der Waals surface area contributed by atoms with Gasteiger partial charge in [-0.05, 0) is 24.1 Å². The van der Waals surface area contributed by atoms with Gasteiger partial charge in [0.25, 0.3) is 0 Å². The fourth-order valence-electron chi connectivity index (χ4n) is 2.28. The highest BCUT2D eigenvalue weighted by Gasteiger charge is 2.43. The second-order valence-electron chi connectivity index (χ2n) is 5.50. The minimum atomic E-state index is -3.63. The molecule has 1 aliphatic rings. The Morgan fingerprint density at radius 3 is 2.61 bits per heavy atom. The first-order chi connectivity index (χ1) is 10.9. The molecule has 3 heterocycles. The Labute approximate surface area is 134 Å². The van der Waals surface area contributed by atoms with E-state index in [2.05, 4.69) is 39.4 Å². The average molecular weight is 333 g/mol. The van der Waals surface area contributed by atoms with Gasteiger partial charge in [-0.25, -0.2) is 9.97 Å². The summed E-state index contributed by atoms with van der Waals surface area (Å²) in [6.07, 6.45) is -3.63. The molecule has 1 radical (unpaired) electrons. The molecule has 0 bridgehead atoms. The number of rotatable bonds is 2. The maximum absolute atomic E-state index is 13.1. The molecule has 3 aromatic rings. The summed E-state index contributed by atoms with van der Waals surface area (Å²) in [5.74, 6) is 0.299. The predicted molar refractivity (Wildman–Crippen MR) is 82.0 cm³/mol. The van der Waals surface area contributed by atoms with Crippen molar-refractivity contribution in [1.82, 2.24) is 9.97 Å². The smallest absolute Gasteiger partial charge is 0.395 e. The number of ether oxygens (including phenoxy) is 2. The minimum absolute atomic E-state index is 0.00959. The third-order valence-electron chi connectivity index (χ3n) is 3.46. The van der Waals surface area contributed by atoms with Crippen molar-refractivity contribution in [3.8, 4) is 22.2 Å². The van der Waals surface area contributed by atoms with E-state index in [0.717, 1.165) is 10.7 Å². The Kier molecular flexibility index (Phi) is 3.02. The van der Waals surface area contributed by atoms with Crippen LogP contribution in [0.15, 0.2) is 23.6 Å². The number of nitrogens with zero attached hydrogens (tertiary/aromatic N) is 2. The molecular weight excluding hydrogens is 322 g/mol. The predicted octanol–water partition coefficient (Wildman–Crippen LogP) is 4.60. The lowest BCUT2D eigenvalue weighted by atomic mass is 10.1. The van der Waals surface area contributed by atoms with E-state index in [1.165, 1.54) is 23.5 Å². The first kappa shape index (κ1) is 14.3. The molecule has 4 nitrogen and oxygen atoms in total. The lowest BCUT2D eigenvalue weighted by Crippen LogP contribution is -2.25. The van der Waals surface area contributed by atoms with Gasteiger partial charge in [0, 0.05) is 16.8 Å². The molecule has 0 aliphatic carbocycles. The van der Waals surface area contributed by atoms with Gasteiger partial charge in [0.2, 0.25) is 0 Å². The van der Waals surface area contributed by atoms with Gasteiger partial charge in [0.15, 0.2) is 11.5 Å². The van der Waals surface area contributed by atoms with Crippen LogP contribution in [0.1, 0.15) is 25.5 Å². The maximum atomic E-state index is 13.1. The van der Waals surface area contributed by atoms with E-state index in [1.807, 2.05) is 5.38 Å². The van der Waals surface area contributed by atoms with Crippen LogP contribution in [0.25, 0.3) is 21.6 Å². The number of hydrogen-bond donors (Lipinski definition) is 0. The minimum Gasteiger partial charge on any atom is -0.395 e. The van der Waals surface area contributed by atoms with E-state index in [-0.39, 0.29) is 11.5 Å². The molecule has 0 saturated carbocycles. The number of hydrogen-bond acceptors (Lipinski definition) is 5. The third-order valence-corrected chi connectivity index (χ3v) is 4.34. The lowest BCUT2D eigenvalue weighted by Gasteiger charge is -2.04. The summed E-state index contributed by atoms with van der Waals surface area (Å²) < 4.78 is 35.1. The molecule has 4 rings (SSSR count). The SMILES string of the molecule is CC(C)c1csc(-c2c[c]c3cc4c(cc3n2)OC(F)(F)O4)n1. The van der Waals surface area contributed by atoms with Crippen molar-refractivity contribution < 1.29 is 18.3 Å². The van der Waals surface area contributed by atoms with E-state index in [4.69, 9.17) is 0 Å². The number of aromatic nitrogens is 2. The van der Waals surface area contributed by atoms with Gasteiger partial charge in [0.1, 0.15) is 10.7 Å². The summed E-state index contributed by atoms with van der Waals surface area (Å²) >= 11 is 1.50. The van der Waals surface area contributed by atoms with Crippen molar-refractivity contribution in [1.29, 1.82) is 0 Å². The Balaban J connectivity index is 1.78. The van der Waals surface area contributed by atoms with E-state index in [1.54, 1.807) is 6.07 Å². The monoisotopic (exact) mass is 333 g/mol. The second kappa shape index (κ2) is 4.86. The van der Waals surface area contributed by atoms with Crippen LogP contribution < -0.4 is 9.47 Å². The van der Waals surface area contributed by atoms with E-state index < -0.39 is 6.29 Å². The zero-order valence-electron chi connectivity index (χ0n) is 12.3. The van der Waals surface area contributed by atoms with Gasteiger partial charge in [-0.15, -0.1) is 20.1 Å².